The van der Waals surface area contributed by atoms with E-state index in [1.165, 1.54) is 51.4 Å². The highest BCUT2D eigenvalue weighted by molar-refractivity contribution is 5.37. The van der Waals surface area contributed by atoms with Crippen LogP contribution >= 0.6 is 0 Å². The highest BCUT2D eigenvalue weighted by Crippen LogP contribution is 2.59. The van der Waals surface area contributed by atoms with Gasteiger partial charge >= 0.3 is 0 Å². The van der Waals surface area contributed by atoms with E-state index in [0.29, 0.717) is 30.6 Å². The van der Waals surface area contributed by atoms with E-state index in [9.17, 15) is 9.50 Å². The smallest absolute Gasteiger partial charge is 0.0901 e. The van der Waals surface area contributed by atoms with Crippen molar-refractivity contribution in [2.24, 2.45) is 29.1 Å². The molecule has 1 nitrogen and oxygen atoms in total. The summed E-state index contributed by atoms with van der Waals surface area (Å²) >= 11 is 0. The zero-order valence-corrected chi connectivity index (χ0v) is 19.2. The van der Waals surface area contributed by atoms with Crippen molar-refractivity contribution in [3.63, 3.8) is 0 Å². The summed E-state index contributed by atoms with van der Waals surface area (Å²) in [5, 5.41) is 10.0. The molecule has 3 fully saturated rings. The Bertz CT molecular complexity index is 643. The molecular weight excluding hydrogens is 359 g/mol. The highest BCUT2D eigenvalue weighted by Gasteiger charge is 2.50. The number of fused-ring (bicyclic) bond motifs is 1. The largest absolute Gasteiger partial charge is 0.393 e. The van der Waals surface area contributed by atoms with Gasteiger partial charge in [0, 0.05) is 0 Å². The second-order valence-electron chi connectivity index (χ2n) is 10.9. The summed E-state index contributed by atoms with van der Waals surface area (Å²) in [6.45, 7) is 9.73. The van der Waals surface area contributed by atoms with Gasteiger partial charge in [-0.25, -0.2) is 4.39 Å². The minimum Gasteiger partial charge on any atom is -0.393 e. The molecule has 29 heavy (non-hydrogen) atoms. The van der Waals surface area contributed by atoms with Crippen molar-refractivity contribution >= 4 is 0 Å². The van der Waals surface area contributed by atoms with Crippen molar-refractivity contribution < 1.29 is 9.50 Å². The maximum absolute atomic E-state index is 13.3. The van der Waals surface area contributed by atoms with Crippen LogP contribution in [0.1, 0.15) is 98.3 Å². The van der Waals surface area contributed by atoms with E-state index >= 15 is 0 Å². The predicted octanol–water partition coefficient (Wildman–Crippen LogP) is 7.92. The molecule has 2 heteroatoms. The molecule has 5 atom stereocenters. The van der Waals surface area contributed by atoms with Crippen molar-refractivity contribution in [2.45, 2.75) is 104 Å². The first-order chi connectivity index (χ1) is 13.8. The van der Waals surface area contributed by atoms with Crippen LogP contribution in [0.3, 0.4) is 0 Å². The van der Waals surface area contributed by atoms with Crippen molar-refractivity contribution in [1.29, 1.82) is 0 Å². The first-order valence-electron chi connectivity index (χ1n) is 12.2. The van der Waals surface area contributed by atoms with Gasteiger partial charge in [0.1, 0.15) is 0 Å². The van der Waals surface area contributed by atoms with Gasteiger partial charge in [-0.15, -0.1) is 0 Å². The maximum Gasteiger partial charge on any atom is 0.0901 e. The van der Waals surface area contributed by atoms with Gasteiger partial charge in [0.15, 0.2) is 0 Å². The number of hydrogen-bond acceptors (Lipinski definition) is 1. The fourth-order valence-corrected chi connectivity index (χ4v) is 6.74. The third-order valence-corrected chi connectivity index (χ3v) is 8.41. The molecule has 1 N–H and O–H groups in total. The lowest BCUT2D eigenvalue weighted by Gasteiger charge is -2.44. The molecular formula is C27H43FO. The van der Waals surface area contributed by atoms with E-state index < -0.39 is 0 Å². The van der Waals surface area contributed by atoms with Gasteiger partial charge in [0.2, 0.25) is 0 Å². The van der Waals surface area contributed by atoms with E-state index in [4.69, 9.17) is 0 Å². The lowest BCUT2D eigenvalue weighted by molar-refractivity contribution is 0.0928. The van der Waals surface area contributed by atoms with E-state index in [-0.39, 0.29) is 6.10 Å². The zero-order valence-electron chi connectivity index (χ0n) is 19.2. The normalized spacial score (nSPS) is 38.2. The van der Waals surface area contributed by atoms with Crippen LogP contribution in [0.4, 0.5) is 4.39 Å². The highest BCUT2D eigenvalue weighted by atomic mass is 19.1. The molecule has 0 spiro atoms. The van der Waals surface area contributed by atoms with Gasteiger partial charge in [-0.1, -0.05) is 64.7 Å². The minimum absolute atomic E-state index is 0.317. The molecule has 0 radical (unpaired) electrons. The first kappa shape index (κ1) is 22.8. The molecule has 0 aromatic rings. The van der Waals surface area contributed by atoms with Crippen molar-refractivity contribution in [3.8, 4) is 0 Å². The van der Waals surface area contributed by atoms with Gasteiger partial charge in [-0.3, -0.25) is 0 Å². The molecule has 0 aromatic heterocycles. The summed E-state index contributed by atoms with van der Waals surface area (Å²) in [4.78, 5) is 0. The summed E-state index contributed by atoms with van der Waals surface area (Å²) in [5.74, 6) is 3.16. The molecule has 0 aliphatic heterocycles. The Morgan fingerprint density at radius 3 is 2.59 bits per heavy atom. The Hall–Kier alpha value is -0.890. The lowest BCUT2D eigenvalue weighted by Crippen LogP contribution is -2.36. The van der Waals surface area contributed by atoms with Crippen LogP contribution < -0.4 is 0 Å². The minimum atomic E-state index is -0.317. The van der Waals surface area contributed by atoms with Crippen LogP contribution in [0.25, 0.3) is 0 Å². The van der Waals surface area contributed by atoms with Gasteiger partial charge < -0.3 is 5.11 Å². The molecule has 0 heterocycles. The average Bonchev–Trinajstić information content (AvgIpc) is 3.03. The van der Waals surface area contributed by atoms with E-state index in [2.05, 4.69) is 39.8 Å². The van der Waals surface area contributed by atoms with Crippen LogP contribution in [0.2, 0.25) is 0 Å². The van der Waals surface area contributed by atoms with Crippen molar-refractivity contribution in [2.75, 3.05) is 0 Å². The van der Waals surface area contributed by atoms with Crippen molar-refractivity contribution in [3.05, 3.63) is 35.2 Å². The van der Waals surface area contributed by atoms with E-state index in [1.54, 1.807) is 5.57 Å². The standard InChI is InChI=1S/C27H43FO/c1-19(2)7-5-8-20(3)25-14-15-26-21(9-6-16-27(25,26)4)10-11-22-17-24(29)13-12-23(22)18-28/h10-11,18-20,24-26,29H,5-9,12-17H2,1-4H3/b21-10+,22-11-,23-18-/t20-,24+,25-,26+,27-/m1/s1. The summed E-state index contributed by atoms with van der Waals surface area (Å²) in [7, 11) is 0. The van der Waals surface area contributed by atoms with Crippen molar-refractivity contribution in [1.82, 2.24) is 0 Å². The van der Waals surface area contributed by atoms with Crippen LogP contribution in [0, 0.1) is 29.1 Å². The Balaban J connectivity index is 1.72. The third kappa shape index (κ3) is 5.24. The number of rotatable bonds is 6. The van der Waals surface area contributed by atoms with Gasteiger partial charge in [0.25, 0.3) is 0 Å². The predicted molar refractivity (Wildman–Crippen MR) is 121 cm³/mol. The molecule has 3 rings (SSSR count). The number of aliphatic hydroxyl groups excluding tert-OH is 1. The molecule has 3 aliphatic rings. The lowest BCUT2D eigenvalue weighted by atomic mass is 9.60. The third-order valence-electron chi connectivity index (χ3n) is 8.41. The quantitative estimate of drug-likeness (QED) is 0.478. The second-order valence-corrected chi connectivity index (χ2v) is 10.9. The van der Waals surface area contributed by atoms with Crippen LogP contribution in [-0.4, -0.2) is 11.2 Å². The monoisotopic (exact) mass is 402 g/mol. The summed E-state index contributed by atoms with van der Waals surface area (Å²) in [5.41, 5.74) is 3.81. The summed E-state index contributed by atoms with van der Waals surface area (Å²) in [6.07, 6.45) is 17.4. The summed E-state index contributed by atoms with van der Waals surface area (Å²) in [6, 6.07) is 0. The molecule has 0 unspecified atom stereocenters. The molecule has 3 aliphatic carbocycles. The van der Waals surface area contributed by atoms with Gasteiger partial charge in [0.05, 0.1) is 12.4 Å². The van der Waals surface area contributed by atoms with Gasteiger partial charge in [-0.05, 0) is 91.6 Å². The molecule has 0 amide bonds. The topological polar surface area (TPSA) is 20.2 Å². The Morgan fingerprint density at radius 1 is 1.07 bits per heavy atom. The number of halogens is 1. The Morgan fingerprint density at radius 2 is 1.86 bits per heavy atom. The average molecular weight is 403 g/mol. The maximum atomic E-state index is 13.3. The first-order valence-corrected chi connectivity index (χ1v) is 12.2. The zero-order chi connectivity index (χ0) is 21.0. The fraction of sp³-hybridized carbons (Fsp3) is 0.778. The second kappa shape index (κ2) is 9.94. The van der Waals surface area contributed by atoms with Crippen LogP contribution in [0.5, 0.6) is 0 Å². The van der Waals surface area contributed by atoms with Crippen LogP contribution in [0.15, 0.2) is 35.2 Å². The number of aliphatic hydroxyl groups is 1. The summed E-state index contributed by atoms with van der Waals surface area (Å²) < 4.78 is 13.3. The molecule has 0 aromatic carbocycles. The molecule has 164 valence electrons. The van der Waals surface area contributed by atoms with Gasteiger partial charge in [-0.2, -0.15) is 0 Å². The van der Waals surface area contributed by atoms with E-state index in [0.717, 1.165) is 35.2 Å². The molecule has 3 saturated carbocycles. The molecule has 0 bridgehead atoms. The number of allylic oxidation sites excluding steroid dienone is 4. The van der Waals surface area contributed by atoms with E-state index in [1.807, 2.05) is 0 Å². The number of hydrogen-bond donors (Lipinski definition) is 1. The van der Waals surface area contributed by atoms with Crippen LogP contribution in [-0.2, 0) is 0 Å². The Kier molecular flexibility index (Phi) is 7.81. The fourth-order valence-electron chi connectivity index (χ4n) is 6.74. The Labute approximate surface area is 178 Å². The SMILES string of the molecule is CC(C)CCC[C@@H](C)[C@H]1CC[C@H]2/C(=C/C=C3/C[C@@H](O)CC/C3=C/F)CCC[C@]12C. The molecule has 0 saturated heterocycles.